The second kappa shape index (κ2) is 17.9. The van der Waals surface area contributed by atoms with Crippen LogP contribution in [0.25, 0.3) is 94.0 Å². The van der Waals surface area contributed by atoms with Gasteiger partial charge in [-0.3, -0.25) is 9.37 Å². The first-order chi connectivity index (χ1) is 31.4. The van der Waals surface area contributed by atoms with Gasteiger partial charge >= 0.3 is 0 Å². The van der Waals surface area contributed by atoms with Crippen LogP contribution < -0.4 is 0 Å². The first-order valence-corrected chi connectivity index (χ1v) is 22.5. The Hall–Kier alpha value is -6.72. The topological polar surface area (TPSA) is 43.9 Å². The molecule has 11 aromatic rings. The van der Waals surface area contributed by atoms with Crippen molar-refractivity contribution in [2.24, 2.45) is 0 Å². The Balaban J connectivity index is 0.000000273. The van der Waals surface area contributed by atoms with Crippen LogP contribution in [0.2, 0.25) is 0 Å². The fourth-order valence-electron chi connectivity index (χ4n) is 9.04. The Morgan fingerprint density at radius 2 is 1.35 bits per heavy atom. The van der Waals surface area contributed by atoms with Gasteiger partial charge in [-0.2, -0.15) is 0 Å². The van der Waals surface area contributed by atoms with Crippen LogP contribution in [0.3, 0.4) is 0 Å². The van der Waals surface area contributed by atoms with E-state index in [0.29, 0.717) is 27.9 Å². The molecule has 11 rings (SSSR count). The predicted octanol–water partition coefficient (Wildman–Crippen LogP) is 16.6. The molecule has 4 nitrogen and oxygen atoms in total. The minimum Gasteiger partial charge on any atom is -0.500 e. The number of para-hydroxylation sites is 2. The number of rotatable bonds is 6. The number of aromatic nitrogens is 3. The quantitative estimate of drug-likeness (QED) is 0.123. The molecule has 0 aliphatic carbocycles. The normalized spacial score (nSPS) is 11.8. The van der Waals surface area contributed by atoms with Gasteiger partial charge in [-0.15, -0.1) is 48.0 Å². The summed E-state index contributed by atoms with van der Waals surface area (Å²) in [6.45, 7) is 15.5. The van der Waals surface area contributed by atoms with Gasteiger partial charge in [-0.1, -0.05) is 145 Å². The minimum absolute atomic E-state index is 0. The maximum atomic E-state index is 16.0. The van der Waals surface area contributed by atoms with Crippen molar-refractivity contribution < 1.29 is 28.9 Å². The van der Waals surface area contributed by atoms with Crippen molar-refractivity contribution in [1.29, 1.82) is 0 Å². The second-order valence-corrected chi connectivity index (χ2v) is 18.6. The van der Waals surface area contributed by atoms with Gasteiger partial charge in [0.1, 0.15) is 5.58 Å². The summed E-state index contributed by atoms with van der Waals surface area (Å²) in [5.74, 6) is 0.751. The molecule has 0 aliphatic rings. The molecule has 0 spiro atoms. The number of imidazole rings is 1. The van der Waals surface area contributed by atoms with Crippen LogP contribution >= 0.6 is 0 Å². The molecule has 0 N–H and O–H groups in total. The third-order valence-corrected chi connectivity index (χ3v) is 12.5. The maximum absolute atomic E-state index is 16.0. The summed E-state index contributed by atoms with van der Waals surface area (Å²) in [6.07, 6.45) is 1.95. The van der Waals surface area contributed by atoms with Gasteiger partial charge in [0.2, 0.25) is 0 Å². The molecule has 0 aliphatic heterocycles. The molecule has 3 heterocycles. The Bertz CT molecular complexity index is 3500. The summed E-state index contributed by atoms with van der Waals surface area (Å²) in [7, 11) is 0. The molecule has 0 atom stereocenters. The zero-order valence-corrected chi connectivity index (χ0v) is 40.6. The number of pyridine rings is 1. The third kappa shape index (κ3) is 8.14. The Kier molecular flexibility index (Phi) is 12.1. The largest absolute Gasteiger partial charge is 0.500 e. The van der Waals surface area contributed by atoms with Gasteiger partial charge in [0.15, 0.2) is 0 Å². The summed E-state index contributed by atoms with van der Waals surface area (Å²) >= 11 is 0. The van der Waals surface area contributed by atoms with Crippen molar-refractivity contribution in [2.45, 2.75) is 65.7 Å². The fraction of sp³-hybridized carbons (Fsp3) is 0.167. The van der Waals surface area contributed by atoms with E-state index >= 15 is 4.39 Å². The van der Waals surface area contributed by atoms with E-state index in [1.165, 1.54) is 33.9 Å². The zero-order chi connectivity index (χ0) is 45.0. The zero-order valence-electron chi connectivity index (χ0n) is 38.2. The number of furan rings is 1. The van der Waals surface area contributed by atoms with E-state index in [0.717, 1.165) is 54.9 Å². The van der Waals surface area contributed by atoms with E-state index in [-0.39, 0.29) is 43.2 Å². The minimum atomic E-state index is -0.363. The molecule has 6 heteroatoms. The molecule has 0 amide bonds. The van der Waals surface area contributed by atoms with Crippen LogP contribution in [-0.4, -0.2) is 14.5 Å². The van der Waals surface area contributed by atoms with Gasteiger partial charge in [-0.05, 0) is 114 Å². The molecule has 3 aromatic heterocycles. The maximum Gasteiger partial charge on any atom is 0.121 e. The third-order valence-electron chi connectivity index (χ3n) is 12.5. The first kappa shape index (κ1) is 44.5. The Labute approximate surface area is 399 Å². The number of nitrogens with zero attached hydrogens (tertiary/aromatic N) is 3. The van der Waals surface area contributed by atoms with Crippen molar-refractivity contribution in [3.8, 4) is 39.5 Å². The molecule has 0 saturated heterocycles. The van der Waals surface area contributed by atoms with E-state index in [4.69, 9.17) is 9.40 Å². The van der Waals surface area contributed by atoms with Gasteiger partial charge in [0, 0.05) is 43.2 Å². The molecule has 1 radical (unpaired) electrons. The van der Waals surface area contributed by atoms with Gasteiger partial charge in [-0.25, -0.2) is 0 Å². The van der Waals surface area contributed by atoms with Gasteiger partial charge in [0.05, 0.1) is 22.4 Å². The number of halogens is 1. The van der Waals surface area contributed by atoms with Crippen molar-refractivity contribution in [2.75, 3.05) is 0 Å². The van der Waals surface area contributed by atoms with Crippen LogP contribution in [0.5, 0.6) is 0 Å². The summed E-state index contributed by atoms with van der Waals surface area (Å²) in [6, 6.07) is 60.1. The van der Waals surface area contributed by atoms with Gasteiger partial charge < -0.3 is 14.0 Å². The van der Waals surface area contributed by atoms with Crippen LogP contribution in [-0.2, 0) is 25.5 Å². The molecular weight excluding hydrogens is 990 g/mol. The van der Waals surface area contributed by atoms with Crippen molar-refractivity contribution >= 4 is 54.5 Å². The van der Waals surface area contributed by atoms with Crippen molar-refractivity contribution in [1.82, 2.24) is 14.5 Å². The van der Waals surface area contributed by atoms with E-state index in [2.05, 4.69) is 167 Å². The molecule has 66 heavy (non-hydrogen) atoms. The van der Waals surface area contributed by atoms with E-state index in [1.807, 2.05) is 60.8 Å². The second-order valence-electron chi connectivity index (χ2n) is 18.6. The van der Waals surface area contributed by atoms with E-state index < -0.39 is 0 Å². The summed E-state index contributed by atoms with van der Waals surface area (Å²) in [5.41, 5.74) is 12.9. The Morgan fingerprint density at radius 3 is 2.05 bits per heavy atom. The van der Waals surface area contributed by atoms with Crippen molar-refractivity contribution in [3.05, 3.63) is 199 Å². The standard InChI is InChI=1S/C45H34FN2O.C15H16N.Ir/c1-26(2)34-23-31(28-12-6-5-7-13-28)24-35(27(3)4)43(34)48-40-17-11-10-16-39(40)47-45(48)33-20-21-38(46)42-37-22-30-19-18-29-14-8-9-15-32(29)36(30)25-41(37)49-44(33)42;1-15(2,3)13-9-10-14(16-11-13)12-7-5-4-6-8-12;/h5-19,21-27H,1-4H3;4-7,9-11H,1-3H3;/q2*-1;. The van der Waals surface area contributed by atoms with Crippen LogP contribution in [0.4, 0.5) is 4.39 Å². The molecule has 8 aromatic carbocycles. The Morgan fingerprint density at radius 1 is 0.652 bits per heavy atom. The number of fused-ring (bicyclic) bond motifs is 7. The van der Waals surface area contributed by atoms with Crippen LogP contribution in [0, 0.1) is 17.9 Å². The van der Waals surface area contributed by atoms with E-state index in [9.17, 15) is 0 Å². The average Bonchev–Trinajstić information content (AvgIpc) is 3.90. The van der Waals surface area contributed by atoms with E-state index in [1.54, 1.807) is 0 Å². The molecular formula is C60H50FIrN3O-2. The molecule has 0 bridgehead atoms. The number of hydrogen-bond acceptors (Lipinski definition) is 3. The fourth-order valence-corrected chi connectivity index (χ4v) is 9.04. The molecule has 0 saturated carbocycles. The smallest absolute Gasteiger partial charge is 0.121 e. The summed E-state index contributed by atoms with van der Waals surface area (Å²) < 4.78 is 24.9. The first-order valence-electron chi connectivity index (χ1n) is 22.5. The number of hydrogen-bond donors (Lipinski definition) is 0. The molecule has 329 valence electrons. The predicted molar refractivity (Wildman–Crippen MR) is 268 cm³/mol. The SMILES string of the molecule is CC(C)(C)c1ccc(-c2[c-]cccc2)nc1.CC(C)c1cc(-c2ccccc2)cc(C(C)C)c1-n1c(-c2[c-]cc(F)c3c2oc2cc4c(ccc5ccccc54)cc23)nc2ccccc21.[Ir]. The number of benzene rings is 8. The molecule has 0 fully saturated rings. The van der Waals surface area contributed by atoms with Crippen LogP contribution in [0.1, 0.15) is 77.0 Å². The average molecular weight is 1040 g/mol. The van der Waals surface area contributed by atoms with Crippen LogP contribution in [0.15, 0.2) is 168 Å². The summed E-state index contributed by atoms with van der Waals surface area (Å²) in [4.78, 5) is 9.72. The van der Waals surface area contributed by atoms with Crippen molar-refractivity contribution in [3.63, 3.8) is 0 Å². The summed E-state index contributed by atoms with van der Waals surface area (Å²) in [5, 5.41) is 5.59. The molecule has 0 unspecified atom stereocenters. The monoisotopic (exact) mass is 1040 g/mol. The van der Waals surface area contributed by atoms with Gasteiger partial charge in [0.25, 0.3) is 0 Å².